The molecule has 208 valence electrons. The molecule has 1 aromatic carbocycles. The Balaban J connectivity index is 2.86. The van der Waals surface area contributed by atoms with Gasteiger partial charge in [0.25, 0.3) is 0 Å². The molecule has 2 N–H and O–H groups in total. The van der Waals surface area contributed by atoms with Gasteiger partial charge in [-0.15, -0.1) is 0 Å². The van der Waals surface area contributed by atoms with Crippen molar-refractivity contribution in [3.63, 3.8) is 0 Å². The van der Waals surface area contributed by atoms with Gasteiger partial charge < -0.3 is 38.9 Å². The Bertz CT molecular complexity index is 889. The van der Waals surface area contributed by atoms with Crippen LogP contribution in [0.1, 0.15) is 59.4 Å². The maximum absolute atomic E-state index is 12.5. The molecule has 37 heavy (non-hydrogen) atoms. The molecule has 0 aromatic heterocycles. The molecule has 0 bridgehead atoms. The minimum atomic E-state index is -1.09. The SMILES string of the molecule is CCCOC(=O)Oc1ccc(C[C@H](N)C(=O)O[C@@H](C)[C@H](C)OC(=O)OCCC)cc1OC(=O)OCCC. The number of hydrogen-bond donors (Lipinski definition) is 1. The third-order valence-electron chi connectivity index (χ3n) is 4.67. The lowest BCUT2D eigenvalue weighted by atomic mass is 10.1. The number of esters is 1. The molecular formula is C25H37NO11. The first-order chi connectivity index (χ1) is 17.6. The van der Waals surface area contributed by atoms with Gasteiger partial charge in [0.2, 0.25) is 0 Å². The summed E-state index contributed by atoms with van der Waals surface area (Å²) in [7, 11) is 0. The van der Waals surface area contributed by atoms with Crippen molar-refractivity contribution in [3.8, 4) is 11.5 Å². The van der Waals surface area contributed by atoms with Crippen LogP contribution in [0.15, 0.2) is 18.2 Å². The van der Waals surface area contributed by atoms with Crippen LogP contribution in [-0.4, -0.2) is 62.5 Å². The lowest BCUT2D eigenvalue weighted by Gasteiger charge is -2.22. The number of nitrogens with two attached hydrogens (primary N) is 1. The normalized spacial score (nSPS) is 12.9. The smallest absolute Gasteiger partial charge is 0.458 e. The molecule has 0 aliphatic carbocycles. The van der Waals surface area contributed by atoms with Gasteiger partial charge in [0.15, 0.2) is 11.5 Å². The van der Waals surface area contributed by atoms with Crippen molar-refractivity contribution in [1.29, 1.82) is 0 Å². The highest BCUT2D eigenvalue weighted by molar-refractivity contribution is 5.76. The van der Waals surface area contributed by atoms with E-state index >= 15 is 0 Å². The van der Waals surface area contributed by atoms with Crippen LogP contribution < -0.4 is 15.2 Å². The fraction of sp³-hybridized carbons (Fsp3) is 0.600. The van der Waals surface area contributed by atoms with Crippen LogP contribution in [-0.2, 0) is 34.9 Å². The van der Waals surface area contributed by atoms with E-state index in [0.717, 1.165) is 0 Å². The quantitative estimate of drug-likeness (QED) is 0.208. The molecular weight excluding hydrogens is 490 g/mol. The Morgan fingerprint density at radius 2 is 1.22 bits per heavy atom. The Hall–Kier alpha value is -3.54. The number of carbonyl (C=O) groups excluding carboxylic acids is 4. The van der Waals surface area contributed by atoms with Gasteiger partial charge in [0.1, 0.15) is 18.2 Å². The maximum Gasteiger partial charge on any atom is 0.513 e. The molecule has 0 saturated carbocycles. The van der Waals surface area contributed by atoms with Crippen molar-refractivity contribution in [2.45, 2.75) is 78.6 Å². The van der Waals surface area contributed by atoms with Crippen LogP contribution >= 0.6 is 0 Å². The Labute approximate surface area is 216 Å². The van der Waals surface area contributed by atoms with Gasteiger partial charge >= 0.3 is 24.4 Å². The molecule has 0 unspecified atom stereocenters. The third-order valence-corrected chi connectivity index (χ3v) is 4.67. The molecule has 0 fully saturated rings. The zero-order chi connectivity index (χ0) is 27.8. The molecule has 12 nitrogen and oxygen atoms in total. The van der Waals surface area contributed by atoms with Crippen LogP contribution in [0.3, 0.4) is 0 Å². The molecule has 1 aromatic rings. The fourth-order valence-electron chi connectivity index (χ4n) is 2.62. The molecule has 3 atom stereocenters. The summed E-state index contributed by atoms with van der Waals surface area (Å²) in [5.74, 6) is -0.934. The van der Waals surface area contributed by atoms with Crippen molar-refractivity contribution in [3.05, 3.63) is 23.8 Å². The van der Waals surface area contributed by atoms with Crippen molar-refractivity contribution in [2.75, 3.05) is 19.8 Å². The number of ether oxygens (including phenoxy) is 7. The molecule has 0 heterocycles. The minimum absolute atomic E-state index is 0.000260. The van der Waals surface area contributed by atoms with Crippen LogP contribution in [0, 0.1) is 0 Å². The van der Waals surface area contributed by atoms with E-state index in [1.807, 2.05) is 20.8 Å². The molecule has 0 spiro atoms. The Kier molecular flexibility index (Phi) is 14.5. The summed E-state index contributed by atoms with van der Waals surface area (Å²) >= 11 is 0. The predicted octanol–water partition coefficient (Wildman–Crippen LogP) is 4.29. The van der Waals surface area contributed by atoms with Crippen LogP contribution in [0.4, 0.5) is 14.4 Å². The lowest BCUT2D eigenvalue weighted by Crippen LogP contribution is -2.39. The van der Waals surface area contributed by atoms with Gasteiger partial charge in [-0.3, -0.25) is 4.79 Å². The lowest BCUT2D eigenvalue weighted by molar-refractivity contribution is -0.155. The fourth-order valence-corrected chi connectivity index (χ4v) is 2.62. The van der Waals surface area contributed by atoms with Crippen molar-refractivity contribution < 1.29 is 52.3 Å². The summed E-state index contributed by atoms with van der Waals surface area (Å²) in [6, 6.07) is 3.21. The van der Waals surface area contributed by atoms with E-state index in [2.05, 4.69) is 0 Å². The summed E-state index contributed by atoms with van der Waals surface area (Å²) in [6.45, 7) is 9.12. The molecule has 0 radical (unpaired) electrons. The molecule has 1 rings (SSSR count). The van der Waals surface area contributed by atoms with Crippen LogP contribution in [0.5, 0.6) is 11.5 Å². The average Bonchev–Trinajstić information content (AvgIpc) is 2.86. The first-order valence-corrected chi connectivity index (χ1v) is 12.2. The van der Waals surface area contributed by atoms with E-state index in [1.165, 1.54) is 12.1 Å². The predicted molar refractivity (Wildman–Crippen MR) is 130 cm³/mol. The van der Waals surface area contributed by atoms with E-state index in [0.29, 0.717) is 24.8 Å². The maximum atomic E-state index is 12.5. The molecule has 0 aliphatic heterocycles. The number of hydrogen-bond acceptors (Lipinski definition) is 12. The summed E-state index contributed by atoms with van der Waals surface area (Å²) in [5, 5.41) is 0. The van der Waals surface area contributed by atoms with Crippen LogP contribution in [0.25, 0.3) is 0 Å². The highest BCUT2D eigenvalue weighted by Crippen LogP contribution is 2.30. The standard InChI is InChI=1S/C25H37NO11/c1-6-11-31-23(28)35-17(5)16(4)34-22(27)19(26)14-18-9-10-20(36-24(29)32-12-7-2)21(15-18)37-25(30)33-13-8-3/h9-10,15-17,19H,6-8,11-14,26H2,1-5H3/t16-,17-,19-/m0/s1. The second kappa shape index (κ2) is 17.0. The van der Waals surface area contributed by atoms with Gasteiger partial charge in [-0.1, -0.05) is 26.8 Å². The summed E-state index contributed by atoms with van der Waals surface area (Å²) in [5.41, 5.74) is 6.49. The van der Waals surface area contributed by atoms with Gasteiger partial charge in [0.05, 0.1) is 19.8 Å². The number of rotatable bonds is 14. The summed E-state index contributed by atoms with van der Waals surface area (Å²) in [4.78, 5) is 48.0. The van der Waals surface area contributed by atoms with E-state index in [9.17, 15) is 19.2 Å². The Morgan fingerprint density at radius 3 is 1.76 bits per heavy atom. The molecule has 12 heteroatoms. The van der Waals surface area contributed by atoms with Gasteiger partial charge in [0, 0.05) is 0 Å². The highest BCUT2D eigenvalue weighted by Gasteiger charge is 2.25. The summed E-state index contributed by atoms with van der Waals surface area (Å²) in [6.07, 6.45) is -2.54. The van der Waals surface area contributed by atoms with E-state index in [-0.39, 0.29) is 37.7 Å². The number of benzene rings is 1. The van der Waals surface area contributed by atoms with E-state index < -0.39 is 42.7 Å². The molecule has 0 saturated heterocycles. The van der Waals surface area contributed by atoms with E-state index in [4.69, 9.17) is 38.9 Å². The van der Waals surface area contributed by atoms with Crippen molar-refractivity contribution in [2.24, 2.45) is 5.73 Å². The van der Waals surface area contributed by atoms with E-state index in [1.54, 1.807) is 19.9 Å². The third kappa shape index (κ3) is 12.3. The van der Waals surface area contributed by atoms with Crippen molar-refractivity contribution in [1.82, 2.24) is 0 Å². The largest absolute Gasteiger partial charge is 0.513 e. The van der Waals surface area contributed by atoms with Crippen LogP contribution in [0.2, 0.25) is 0 Å². The van der Waals surface area contributed by atoms with Crippen molar-refractivity contribution >= 4 is 24.4 Å². The first kappa shape index (κ1) is 31.5. The highest BCUT2D eigenvalue weighted by atomic mass is 16.7. The average molecular weight is 528 g/mol. The summed E-state index contributed by atoms with van der Waals surface area (Å²) < 4.78 is 35.4. The molecule has 0 amide bonds. The monoisotopic (exact) mass is 527 g/mol. The zero-order valence-electron chi connectivity index (χ0n) is 22.0. The topological polar surface area (TPSA) is 159 Å². The second-order valence-corrected chi connectivity index (χ2v) is 8.06. The molecule has 0 aliphatic rings. The minimum Gasteiger partial charge on any atom is -0.458 e. The first-order valence-electron chi connectivity index (χ1n) is 12.2. The van der Waals surface area contributed by atoms with Gasteiger partial charge in [-0.25, -0.2) is 14.4 Å². The second-order valence-electron chi connectivity index (χ2n) is 8.06. The van der Waals surface area contributed by atoms with Gasteiger partial charge in [-0.2, -0.15) is 0 Å². The Morgan fingerprint density at radius 1 is 0.730 bits per heavy atom. The van der Waals surface area contributed by atoms with Gasteiger partial charge in [-0.05, 0) is 57.2 Å². The zero-order valence-corrected chi connectivity index (χ0v) is 22.0. The number of carbonyl (C=O) groups is 4.